The number of aromatic nitrogens is 1. The zero-order valence-electron chi connectivity index (χ0n) is 19.2. The minimum Gasteiger partial charge on any atom is -0.493 e. The molecule has 1 atom stereocenters. The van der Waals surface area contributed by atoms with Crippen molar-refractivity contribution in [2.24, 2.45) is 0 Å². The second-order valence-electron chi connectivity index (χ2n) is 8.29. The Balaban J connectivity index is 1.62. The van der Waals surface area contributed by atoms with Crippen molar-refractivity contribution >= 4 is 38.4 Å². The highest BCUT2D eigenvalue weighted by Crippen LogP contribution is 2.47. The Hall–Kier alpha value is -3.65. The lowest BCUT2D eigenvalue weighted by atomic mass is 9.74. The molecule has 7 nitrogen and oxygen atoms in total. The molecule has 0 unspecified atom stereocenters. The maximum Gasteiger partial charge on any atom is 0.256 e. The molecular weight excluding hydrogens is 450 g/mol. The van der Waals surface area contributed by atoms with Crippen LogP contribution in [0.2, 0.25) is 0 Å². The Morgan fingerprint density at radius 2 is 1.94 bits per heavy atom. The number of thiazole rings is 1. The van der Waals surface area contributed by atoms with E-state index in [9.17, 15) is 9.59 Å². The molecule has 0 fully saturated rings. The zero-order valence-corrected chi connectivity index (χ0v) is 20.0. The van der Waals surface area contributed by atoms with Crippen molar-refractivity contribution in [2.45, 2.75) is 32.1 Å². The van der Waals surface area contributed by atoms with Gasteiger partial charge in [0.1, 0.15) is 0 Å². The molecule has 2 aliphatic rings. The van der Waals surface area contributed by atoms with Crippen LogP contribution in [-0.4, -0.2) is 30.9 Å². The van der Waals surface area contributed by atoms with Gasteiger partial charge < -0.3 is 14.8 Å². The van der Waals surface area contributed by atoms with Crippen molar-refractivity contribution < 1.29 is 19.1 Å². The molecule has 8 heteroatoms. The average Bonchev–Trinajstić information content (AvgIpc) is 3.24. The van der Waals surface area contributed by atoms with E-state index >= 15 is 0 Å². The second kappa shape index (κ2) is 8.95. The number of fused-ring (bicyclic) bond motifs is 1. The third kappa shape index (κ3) is 3.74. The van der Waals surface area contributed by atoms with Gasteiger partial charge in [0.25, 0.3) is 5.91 Å². The average molecular weight is 476 g/mol. The van der Waals surface area contributed by atoms with Crippen LogP contribution in [0.15, 0.2) is 65.0 Å². The third-order valence-electron chi connectivity index (χ3n) is 6.28. The molecule has 174 valence electrons. The molecule has 0 spiro atoms. The third-order valence-corrected chi connectivity index (χ3v) is 7.23. The van der Waals surface area contributed by atoms with Crippen molar-refractivity contribution in [3.8, 4) is 11.5 Å². The van der Waals surface area contributed by atoms with Gasteiger partial charge >= 0.3 is 0 Å². The van der Waals surface area contributed by atoms with Gasteiger partial charge in [-0.1, -0.05) is 35.6 Å². The summed E-state index contributed by atoms with van der Waals surface area (Å²) < 4.78 is 12.2. The van der Waals surface area contributed by atoms with E-state index in [1.807, 2.05) is 43.3 Å². The fraction of sp³-hybridized carbons (Fsp3) is 0.269. The predicted molar refractivity (Wildman–Crippen MR) is 132 cm³/mol. The summed E-state index contributed by atoms with van der Waals surface area (Å²) in [4.78, 5) is 31.5. The first-order valence-electron chi connectivity index (χ1n) is 11.1. The van der Waals surface area contributed by atoms with Crippen LogP contribution in [0.5, 0.6) is 11.5 Å². The van der Waals surface area contributed by atoms with Crippen LogP contribution in [0.25, 0.3) is 10.2 Å². The maximum atomic E-state index is 13.7. The summed E-state index contributed by atoms with van der Waals surface area (Å²) in [6.07, 6.45) is 2.00. The number of nitrogens with zero attached hydrogens (tertiary/aromatic N) is 1. The fourth-order valence-corrected chi connectivity index (χ4v) is 5.69. The van der Waals surface area contributed by atoms with Crippen LogP contribution in [0.1, 0.15) is 37.7 Å². The molecule has 1 amide bonds. The van der Waals surface area contributed by atoms with Crippen molar-refractivity contribution in [3.63, 3.8) is 0 Å². The first-order chi connectivity index (χ1) is 16.5. The molecule has 34 heavy (non-hydrogen) atoms. The monoisotopic (exact) mass is 475 g/mol. The lowest BCUT2D eigenvalue weighted by Crippen LogP contribution is -2.35. The highest BCUT2D eigenvalue weighted by atomic mass is 32.1. The Morgan fingerprint density at radius 3 is 2.71 bits per heavy atom. The van der Waals surface area contributed by atoms with E-state index in [0.29, 0.717) is 39.9 Å². The lowest BCUT2D eigenvalue weighted by molar-refractivity contribution is -0.116. The highest BCUT2D eigenvalue weighted by Gasteiger charge is 2.40. The minimum absolute atomic E-state index is 0.0430. The van der Waals surface area contributed by atoms with Crippen LogP contribution >= 0.6 is 11.3 Å². The molecule has 5 rings (SSSR count). The molecule has 3 aromatic rings. The topological polar surface area (TPSA) is 89.5 Å². The molecule has 0 bridgehead atoms. The summed E-state index contributed by atoms with van der Waals surface area (Å²) in [6.45, 7) is 1.87. The number of carbonyl (C=O) groups excluding carboxylic acids is 2. The summed E-state index contributed by atoms with van der Waals surface area (Å²) in [7, 11) is 3.14. The Morgan fingerprint density at radius 1 is 1.12 bits per heavy atom. The number of methoxy groups -OCH3 is 2. The van der Waals surface area contributed by atoms with Crippen molar-refractivity contribution in [2.75, 3.05) is 19.5 Å². The van der Waals surface area contributed by atoms with Crippen molar-refractivity contribution in [1.82, 2.24) is 10.3 Å². The van der Waals surface area contributed by atoms with Gasteiger partial charge in [0.2, 0.25) is 0 Å². The summed E-state index contributed by atoms with van der Waals surface area (Å²) >= 11 is 1.42. The van der Waals surface area contributed by atoms with Crippen molar-refractivity contribution in [3.05, 3.63) is 70.6 Å². The zero-order chi connectivity index (χ0) is 23.8. The van der Waals surface area contributed by atoms with Crippen LogP contribution in [0.3, 0.4) is 0 Å². The van der Waals surface area contributed by atoms with E-state index in [1.165, 1.54) is 11.3 Å². The van der Waals surface area contributed by atoms with Crippen LogP contribution in [0, 0.1) is 0 Å². The standard InChI is InChI=1S/C26H25N3O4S/c1-14-21(25(31)29-26-28-16-9-4-5-13-20(16)34-26)22(23-17(27-14)10-7-11-18(23)30)15-8-6-12-19(32-2)24(15)33-3/h4-6,8-9,12-13,22,27H,7,10-11H2,1-3H3,(H,28,29,31)/t22-/m1/s1. The summed E-state index contributed by atoms with van der Waals surface area (Å²) in [6, 6.07) is 13.3. The Bertz CT molecular complexity index is 1340. The maximum absolute atomic E-state index is 13.7. The molecule has 2 aromatic carbocycles. The van der Waals surface area contributed by atoms with Gasteiger partial charge in [-0.15, -0.1) is 0 Å². The number of dihydropyridines is 1. The second-order valence-corrected chi connectivity index (χ2v) is 9.32. The van der Waals surface area contributed by atoms with E-state index in [0.717, 1.165) is 34.3 Å². The van der Waals surface area contributed by atoms with Gasteiger partial charge in [0.05, 0.1) is 30.4 Å². The quantitative estimate of drug-likeness (QED) is 0.545. The van der Waals surface area contributed by atoms with E-state index < -0.39 is 5.92 Å². The molecule has 0 saturated heterocycles. The number of carbonyl (C=O) groups is 2. The van der Waals surface area contributed by atoms with Gasteiger partial charge in [0.15, 0.2) is 22.4 Å². The summed E-state index contributed by atoms with van der Waals surface area (Å²) in [5.74, 6) is 0.224. The number of anilines is 1. The number of ether oxygens (including phenoxy) is 2. The number of ketones is 1. The number of hydrogen-bond donors (Lipinski definition) is 2. The molecule has 2 N–H and O–H groups in total. The number of benzene rings is 2. The molecule has 2 heterocycles. The van der Waals surface area contributed by atoms with Gasteiger partial charge in [0, 0.05) is 34.5 Å². The highest BCUT2D eigenvalue weighted by molar-refractivity contribution is 7.22. The van der Waals surface area contributed by atoms with Crippen LogP contribution in [-0.2, 0) is 9.59 Å². The molecule has 0 saturated carbocycles. The van der Waals surface area contributed by atoms with E-state index in [1.54, 1.807) is 20.3 Å². The Labute approximate surface area is 201 Å². The number of hydrogen-bond acceptors (Lipinski definition) is 7. The SMILES string of the molecule is COc1cccc([C@@H]2C(C(=O)Nc3nc4ccccc4s3)=C(C)NC3=C2C(=O)CCC3)c1OC. The molecule has 1 aliphatic heterocycles. The molecule has 1 aliphatic carbocycles. The first-order valence-corrected chi connectivity index (χ1v) is 11.9. The number of Topliss-reactive ketones (excluding diaryl/α,β-unsaturated/α-hetero) is 1. The number of allylic oxidation sites excluding steroid dienone is 3. The molecule has 0 radical (unpaired) electrons. The first kappa shape index (κ1) is 22.2. The van der Waals surface area contributed by atoms with Gasteiger partial charge in [-0.25, -0.2) is 4.98 Å². The minimum atomic E-state index is -0.580. The van der Waals surface area contributed by atoms with Gasteiger partial charge in [-0.3, -0.25) is 14.9 Å². The van der Waals surface area contributed by atoms with Crippen molar-refractivity contribution in [1.29, 1.82) is 0 Å². The number of nitrogens with one attached hydrogen (secondary N) is 2. The lowest BCUT2D eigenvalue weighted by Gasteiger charge is -2.35. The van der Waals surface area contributed by atoms with Crippen LogP contribution in [0.4, 0.5) is 5.13 Å². The number of para-hydroxylation sites is 2. The number of amides is 1. The number of rotatable bonds is 5. The summed E-state index contributed by atoms with van der Waals surface area (Å²) in [5.41, 5.74) is 4.23. The molecular formula is C26H25N3O4S. The largest absolute Gasteiger partial charge is 0.493 e. The fourth-order valence-electron chi connectivity index (χ4n) is 4.82. The van der Waals surface area contributed by atoms with E-state index in [-0.39, 0.29) is 11.7 Å². The summed E-state index contributed by atoms with van der Waals surface area (Å²) in [5, 5.41) is 6.83. The predicted octanol–water partition coefficient (Wildman–Crippen LogP) is 4.92. The van der Waals surface area contributed by atoms with E-state index in [4.69, 9.17) is 9.47 Å². The normalized spacial score (nSPS) is 18.0. The Kier molecular flexibility index (Phi) is 5.83. The van der Waals surface area contributed by atoms with Gasteiger partial charge in [-0.2, -0.15) is 0 Å². The van der Waals surface area contributed by atoms with Crippen LogP contribution < -0.4 is 20.1 Å². The van der Waals surface area contributed by atoms with E-state index in [2.05, 4.69) is 15.6 Å². The molecule has 1 aromatic heterocycles. The smallest absolute Gasteiger partial charge is 0.256 e. The van der Waals surface area contributed by atoms with Gasteiger partial charge in [-0.05, 0) is 38.0 Å².